The minimum Gasteiger partial charge on any atom is -0.467 e. The summed E-state index contributed by atoms with van der Waals surface area (Å²) < 4.78 is 19.4. The highest BCUT2D eigenvalue weighted by Crippen LogP contribution is 2.28. The van der Waals surface area contributed by atoms with Gasteiger partial charge in [0.2, 0.25) is 0 Å². The van der Waals surface area contributed by atoms with Gasteiger partial charge in [-0.15, -0.1) is 0 Å². The van der Waals surface area contributed by atoms with Crippen molar-refractivity contribution in [2.45, 2.75) is 38.9 Å². The third-order valence-electron chi connectivity index (χ3n) is 6.61. The fraction of sp³-hybridized carbons (Fsp3) is 0.346. The molecular weight excluding hydrogens is 403 g/mol. The zero-order valence-electron chi connectivity index (χ0n) is 18.4. The minimum atomic E-state index is -0.193. The van der Waals surface area contributed by atoms with Crippen molar-refractivity contribution in [1.82, 2.24) is 20.0 Å². The maximum atomic E-state index is 13.4. The number of hydrogen-bond acceptors (Lipinski definition) is 4. The SMILES string of the molecule is CCN1CCC(N(Cc2ccc(F)cc2)Cc2cc(-c3ccc4[nH]ncc4c3)co2)CC1. The quantitative estimate of drug-likeness (QED) is 0.422. The summed E-state index contributed by atoms with van der Waals surface area (Å²) in [5.41, 5.74) is 4.35. The van der Waals surface area contributed by atoms with Crippen molar-refractivity contribution in [2.24, 2.45) is 0 Å². The fourth-order valence-electron chi connectivity index (χ4n) is 4.68. The van der Waals surface area contributed by atoms with Crippen molar-refractivity contribution in [3.05, 3.63) is 78.1 Å². The smallest absolute Gasteiger partial charge is 0.123 e. The van der Waals surface area contributed by atoms with Crippen LogP contribution < -0.4 is 0 Å². The third kappa shape index (κ3) is 4.61. The molecule has 0 unspecified atom stereocenters. The Kier molecular flexibility index (Phi) is 6.06. The molecule has 0 bridgehead atoms. The molecular formula is C26H29FN4O. The Morgan fingerprint density at radius 2 is 1.88 bits per heavy atom. The molecule has 5 nitrogen and oxygen atoms in total. The van der Waals surface area contributed by atoms with Gasteiger partial charge in [0.15, 0.2) is 0 Å². The highest BCUT2D eigenvalue weighted by atomic mass is 19.1. The van der Waals surface area contributed by atoms with E-state index in [1.807, 2.05) is 30.7 Å². The predicted molar refractivity (Wildman–Crippen MR) is 125 cm³/mol. The van der Waals surface area contributed by atoms with E-state index in [4.69, 9.17) is 4.42 Å². The number of likely N-dealkylation sites (tertiary alicyclic amines) is 1. The Labute approximate surface area is 187 Å². The Bertz CT molecular complexity index is 1160. The van der Waals surface area contributed by atoms with Crippen LogP contribution >= 0.6 is 0 Å². The van der Waals surface area contributed by atoms with Crippen molar-refractivity contribution in [2.75, 3.05) is 19.6 Å². The van der Waals surface area contributed by atoms with E-state index < -0.39 is 0 Å². The van der Waals surface area contributed by atoms with Crippen LogP contribution in [0.1, 0.15) is 31.1 Å². The third-order valence-corrected chi connectivity index (χ3v) is 6.61. The topological polar surface area (TPSA) is 48.3 Å². The van der Waals surface area contributed by atoms with Gasteiger partial charge in [0.25, 0.3) is 0 Å². The van der Waals surface area contributed by atoms with E-state index in [1.165, 1.54) is 0 Å². The number of benzene rings is 2. The van der Waals surface area contributed by atoms with E-state index in [1.54, 1.807) is 12.1 Å². The summed E-state index contributed by atoms with van der Waals surface area (Å²) in [6, 6.07) is 15.8. The lowest BCUT2D eigenvalue weighted by atomic mass is 10.0. The van der Waals surface area contributed by atoms with Crippen LogP contribution in [0.4, 0.5) is 4.39 Å². The molecule has 32 heavy (non-hydrogen) atoms. The lowest BCUT2D eigenvalue weighted by Gasteiger charge is -2.38. The van der Waals surface area contributed by atoms with Crippen molar-refractivity contribution < 1.29 is 8.81 Å². The van der Waals surface area contributed by atoms with Crippen molar-refractivity contribution in [3.8, 4) is 11.1 Å². The number of aromatic nitrogens is 2. The molecule has 4 aromatic rings. The highest BCUT2D eigenvalue weighted by Gasteiger charge is 2.25. The molecule has 2 aromatic carbocycles. The van der Waals surface area contributed by atoms with Gasteiger partial charge in [-0.3, -0.25) is 10.00 Å². The Morgan fingerprint density at radius 1 is 1.06 bits per heavy atom. The van der Waals surface area contributed by atoms with Crippen LogP contribution in [-0.2, 0) is 13.1 Å². The second-order valence-corrected chi connectivity index (χ2v) is 8.67. The summed E-state index contributed by atoms with van der Waals surface area (Å²) in [5, 5.41) is 8.19. The normalized spacial score (nSPS) is 15.7. The summed E-state index contributed by atoms with van der Waals surface area (Å²) in [6.45, 7) is 7.09. The molecule has 166 valence electrons. The molecule has 0 aliphatic carbocycles. The summed E-state index contributed by atoms with van der Waals surface area (Å²) in [6.07, 6.45) is 5.96. The lowest BCUT2D eigenvalue weighted by molar-refractivity contribution is 0.0931. The van der Waals surface area contributed by atoms with E-state index >= 15 is 0 Å². The van der Waals surface area contributed by atoms with E-state index in [0.29, 0.717) is 6.04 Å². The Hall–Kier alpha value is -2.96. The van der Waals surface area contributed by atoms with Crippen LogP contribution in [-0.4, -0.2) is 45.7 Å². The lowest BCUT2D eigenvalue weighted by Crippen LogP contribution is -2.44. The number of furan rings is 1. The van der Waals surface area contributed by atoms with E-state index in [2.05, 4.69) is 45.1 Å². The van der Waals surface area contributed by atoms with Gasteiger partial charge in [-0.25, -0.2) is 4.39 Å². The van der Waals surface area contributed by atoms with Crippen LogP contribution in [0.25, 0.3) is 22.0 Å². The van der Waals surface area contributed by atoms with Gasteiger partial charge in [-0.05, 0) is 73.9 Å². The molecule has 6 heteroatoms. The molecule has 0 spiro atoms. The number of halogens is 1. The van der Waals surface area contributed by atoms with Gasteiger partial charge in [0.05, 0.1) is 24.5 Å². The van der Waals surface area contributed by atoms with Crippen LogP contribution in [0, 0.1) is 5.82 Å². The summed E-state index contributed by atoms with van der Waals surface area (Å²) >= 11 is 0. The van der Waals surface area contributed by atoms with Gasteiger partial charge in [-0.1, -0.05) is 25.1 Å². The van der Waals surface area contributed by atoms with Crippen LogP contribution in [0.15, 0.2) is 65.4 Å². The van der Waals surface area contributed by atoms with Crippen LogP contribution in [0.3, 0.4) is 0 Å². The first kappa shape index (κ1) is 20.9. The fourth-order valence-corrected chi connectivity index (χ4v) is 4.68. The molecule has 5 rings (SSSR count). The van der Waals surface area contributed by atoms with Crippen molar-refractivity contribution >= 4 is 10.9 Å². The van der Waals surface area contributed by atoms with Crippen LogP contribution in [0.2, 0.25) is 0 Å². The zero-order valence-corrected chi connectivity index (χ0v) is 18.4. The van der Waals surface area contributed by atoms with Crippen molar-refractivity contribution in [1.29, 1.82) is 0 Å². The van der Waals surface area contributed by atoms with Gasteiger partial charge in [-0.2, -0.15) is 5.10 Å². The Morgan fingerprint density at radius 3 is 2.66 bits per heavy atom. The molecule has 1 aliphatic heterocycles. The highest BCUT2D eigenvalue weighted by molar-refractivity contribution is 5.83. The number of fused-ring (bicyclic) bond motifs is 1. The average Bonchev–Trinajstić information content (AvgIpc) is 3.49. The molecule has 1 saturated heterocycles. The van der Waals surface area contributed by atoms with Crippen LogP contribution in [0.5, 0.6) is 0 Å². The van der Waals surface area contributed by atoms with E-state index in [0.717, 1.165) is 78.9 Å². The summed E-state index contributed by atoms with van der Waals surface area (Å²) in [7, 11) is 0. The first-order chi connectivity index (χ1) is 15.7. The monoisotopic (exact) mass is 432 g/mol. The molecule has 0 atom stereocenters. The zero-order chi connectivity index (χ0) is 21.9. The second kappa shape index (κ2) is 9.27. The number of nitrogens with one attached hydrogen (secondary N) is 1. The summed E-state index contributed by atoms with van der Waals surface area (Å²) in [5.74, 6) is 0.758. The molecule has 1 N–H and O–H groups in total. The van der Waals surface area contributed by atoms with Crippen molar-refractivity contribution in [3.63, 3.8) is 0 Å². The number of aromatic amines is 1. The molecule has 3 heterocycles. The number of hydrogen-bond donors (Lipinski definition) is 1. The van der Waals surface area contributed by atoms with Gasteiger partial charge >= 0.3 is 0 Å². The Balaban J connectivity index is 1.35. The predicted octanol–water partition coefficient (Wildman–Crippen LogP) is 5.45. The number of nitrogens with zero attached hydrogens (tertiary/aromatic N) is 3. The molecule has 1 aliphatic rings. The summed E-state index contributed by atoms with van der Waals surface area (Å²) in [4.78, 5) is 4.99. The molecule has 0 radical (unpaired) electrons. The van der Waals surface area contributed by atoms with E-state index in [9.17, 15) is 4.39 Å². The standard InChI is InChI=1S/C26H29FN4O/c1-2-30-11-9-24(10-12-30)31(16-19-3-6-23(27)7-4-19)17-25-14-22(18-32-25)20-5-8-26-21(13-20)15-28-29-26/h3-8,13-15,18,24H,2,9-12,16-17H2,1H3,(H,28,29). The number of rotatable bonds is 7. The molecule has 1 fully saturated rings. The second-order valence-electron chi connectivity index (χ2n) is 8.67. The minimum absolute atomic E-state index is 0.193. The molecule has 0 saturated carbocycles. The van der Waals surface area contributed by atoms with Gasteiger partial charge < -0.3 is 9.32 Å². The largest absolute Gasteiger partial charge is 0.467 e. The first-order valence-electron chi connectivity index (χ1n) is 11.4. The number of piperidine rings is 1. The van der Waals surface area contributed by atoms with Gasteiger partial charge in [0.1, 0.15) is 11.6 Å². The maximum Gasteiger partial charge on any atom is 0.123 e. The average molecular weight is 433 g/mol. The first-order valence-corrected chi connectivity index (χ1v) is 11.4. The number of H-pyrrole nitrogens is 1. The maximum absolute atomic E-state index is 13.4. The molecule has 0 amide bonds. The molecule has 2 aromatic heterocycles. The van der Waals surface area contributed by atoms with Gasteiger partial charge in [0, 0.05) is 23.5 Å². The van der Waals surface area contributed by atoms with E-state index in [-0.39, 0.29) is 5.82 Å².